The van der Waals surface area contributed by atoms with E-state index in [0.29, 0.717) is 45.3 Å². The maximum absolute atomic E-state index is 14.0. The fourth-order valence-corrected chi connectivity index (χ4v) is 5.65. The molecule has 1 N–H and O–H groups in total. The van der Waals surface area contributed by atoms with Crippen LogP contribution in [0.25, 0.3) is 22.0 Å². The van der Waals surface area contributed by atoms with Gasteiger partial charge in [-0.3, -0.25) is 4.68 Å². The van der Waals surface area contributed by atoms with Crippen molar-refractivity contribution in [1.29, 1.82) is 0 Å². The molecule has 1 amide bonds. The molecule has 2 atom stereocenters. The van der Waals surface area contributed by atoms with Crippen molar-refractivity contribution in [3.8, 4) is 11.1 Å². The highest BCUT2D eigenvalue weighted by Crippen LogP contribution is 2.39. The summed E-state index contributed by atoms with van der Waals surface area (Å²) < 4.78 is 22.3. The van der Waals surface area contributed by atoms with Crippen LogP contribution in [-0.2, 0) is 22.5 Å². The third-order valence-electron chi connectivity index (χ3n) is 7.35. The van der Waals surface area contributed by atoms with Gasteiger partial charge in [-0.25, -0.2) is 19.0 Å². The number of hydrogen-bond acceptors (Lipinski definition) is 6. The zero-order chi connectivity index (χ0) is 31.2. The summed E-state index contributed by atoms with van der Waals surface area (Å²) >= 11 is 13.5. The molecule has 43 heavy (non-hydrogen) atoms. The van der Waals surface area contributed by atoms with Gasteiger partial charge < -0.3 is 24.2 Å². The monoisotopic (exact) mass is 630 g/mol. The van der Waals surface area contributed by atoms with Crippen LogP contribution in [0, 0.1) is 0 Å². The fraction of sp³-hybridized carbons (Fsp3) is 0.400. The largest absolute Gasteiger partial charge is 0.479 e. The third kappa shape index (κ3) is 6.28. The number of carbonyl (C=O) groups is 2. The molecule has 0 aliphatic carbocycles. The molecule has 10 nitrogen and oxygen atoms in total. The van der Waals surface area contributed by atoms with Gasteiger partial charge in [0.2, 0.25) is 0 Å². The Hall–Kier alpha value is -3.83. The molecule has 2 aromatic carbocycles. The van der Waals surface area contributed by atoms with Gasteiger partial charge in [0, 0.05) is 62.1 Å². The minimum absolute atomic E-state index is 0.0944. The second-order valence-electron chi connectivity index (χ2n) is 11.7. The number of benzene rings is 2. The molecule has 1 unspecified atom stereocenters. The molecule has 1 aliphatic rings. The number of amides is 1. The zero-order valence-corrected chi connectivity index (χ0v) is 26.0. The van der Waals surface area contributed by atoms with E-state index in [4.69, 9.17) is 27.9 Å². The Kier molecular flexibility index (Phi) is 8.32. The number of hydrogen-bond donors (Lipinski definition) is 1. The molecule has 0 spiro atoms. The Balaban J connectivity index is 1.37. The molecule has 0 radical (unpaired) electrons. The van der Waals surface area contributed by atoms with E-state index in [-0.39, 0.29) is 24.8 Å². The number of carbonyl (C=O) groups excluding carboxylic acids is 1. The Morgan fingerprint density at radius 1 is 1.19 bits per heavy atom. The van der Waals surface area contributed by atoms with E-state index < -0.39 is 23.8 Å². The predicted molar refractivity (Wildman–Crippen MR) is 164 cm³/mol. The topological polar surface area (TPSA) is 106 Å². The number of imidazole rings is 1. The lowest BCUT2D eigenvalue weighted by atomic mass is 10.0. The van der Waals surface area contributed by atoms with Crippen LogP contribution in [0.3, 0.4) is 0 Å². The highest BCUT2D eigenvalue weighted by atomic mass is 35.5. The van der Waals surface area contributed by atoms with Gasteiger partial charge in [-0.2, -0.15) is 5.10 Å². The smallest absolute Gasteiger partial charge is 0.410 e. The van der Waals surface area contributed by atoms with Gasteiger partial charge in [-0.05, 0) is 44.5 Å². The lowest BCUT2D eigenvalue weighted by molar-refractivity contribution is -0.139. The number of carboxylic acids is 1. The normalized spacial score (nSPS) is 15.4. The lowest BCUT2D eigenvalue weighted by Crippen LogP contribution is -2.38. The summed E-state index contributed by atoms with van der Waals surface area (Å²) in [4.78, 5) is 32.5. The third-order valence-corrected chi connectivity index (χ3v) is 8.04. The number of fused-ring (bicyclic) bond motifs is 2. The van der Waals surface area contributed by atoms with E-state index >= 15 is 0 Å². The van der Waals surface area contributed by atoms with Crippen LogP contribution in [0.15, 0.2) is 42.9 Å². The van der Waals surface area contributed by atoms with Crippen LogP contribution in [0.1, 0.15) is 38.2 Å². The molecule has 13 heteroatoms. The summed E-state index contributed by atoms with van der Waals surface area (Å²) in [6.07, 6.45) is 1.63. The first kappa shape index (κ1) is 30.6. The molecule has 0 saturated carbocycles. The fourth-order valence-electron chi connectivity index (χ4n) is 5.10. The van der Waals surface area contributed by atoms with Gasteiger partial charge in [0.1, 0.15) is 17.3 Å². The van der Waals surface area contributed by atoms with Crippen molar-refractivity contribution < 1.29 is 23.8 Å². The van der Waals surface area contributed by atoms with Gasteiger partial charge in [-0.1, -0.05) is 35.3 Å². The van der Waals surface area contributed by atoms with Crippen LogP contribution in [0.5, 0.6) is 0 Å². The number of alkyl halides is 1. The number of nitrogens with zero attached hydrogens (tertiary/aromatic N) is 6. The van der Waals surface area contributed by atoms with Crippen LogP contribution in [0.2, 0.25) is 10.0 Å². The summed E-state index contributed by atoms with van der Waals surface area (Å²) in [6, 6.07) is 8.15. The molecular weight excluding hydrogens is 598 g/mol. The summed E-state index contributed by atoms with van der Waals surface area (Å²) in [5.74, 6) is -1.18. The maximum Gasteiger partial charge on any atom is 0.410 e. The van der Waals surface area contributed by atoms with Gasteiger partial charge in [0.25, 0.3) is 0 Å². The Morgan fingerprint density at radius 2 is 1.88 bits per heavy atom. The van der Waals surface area contributed by atoms with Crippen LogP contribution < -0.4 is 4.90 Å². The minimum Gasteiger partial charge on any atom is -0.479 e. The second-order valence-corrected chi connectivity index (χ2v) is 12.5. The van der Waals surface area contributed by atoms with Crippen molar-refractivity contribution in [3.05, 3.63) is 64.3 Å². The average molecular weight is 632 g/mol. The number of halogens is 3. The molecule has 1 aliphatic heterocycles. The Bertz CT molecular complexity index is 1680. The molecule has 2 aromatic heterocycles. The molecule has 228 valence electrons. The van der Waals surface area contributed by atoms with Crippen molar-refractivity contribution in [2.24, 2.45) is 0 Å². The average Bonchev–Trinajstić information content (AvgIpc) is 3.64. The number of ether oxygens (including phenoxy) is 1. The molecule has 0 fully saturated rings. The Labute approximate surface area is 258 Å². The van der Waals surface area contributed by atoms with E-state index in [1.54, 1.807) is 22.6 Å². The molecule has 0 saturated heterocycles. The van der Waals surface area contributed by atoms with E-state index in [9.17, 15) is 19.1 Å². The van der Waals surface area contributed by atoms with E-state index in [2.05, 4.69) is 10.1 Å². The maximum atomic E-state index is 14.0. The molecule has 3 heterocycles. The number of aromatic nitrogens is 4. The second kappa shape index (κ2) is 11.7. The van der Waals surface area contributed by atoms with Crippen molar-refractivity contribution in [1.82, 2.24) is 24.2 Å². The summed E-state index contributed by atoms with van der Waals surface area (Å²) in [6.45, 7) is 6.70. The Morgan fingerprint density at radius 3 is 2.53 bits per heavy atom. The van der Waals surface area contributed by atoms with Gasteiger partial charge >= 0.3 is 12.1 Å². The number of rotatable bonds is 8. The van der Waals surface area contributed by atoms with Crippen LogP contribution in [0.4, 0.5) is 14.9 Å². The molecule has 4 aromatic rings. The van der Waals surface area contributed by atoms with E-state index in [1.165, 1.54) is 17.2 Å². The first-order valence-electron chi connectivity index (χ1n) is 13.8. The number of likely N-dealkylation sites (N-methyl/N-ethyl adjacent to an activating group) is 2. The van der Waals surface area contributed by atoms with Crippen LogP contribution in [-0.4, -0.2) is 80.4 Å². The van der Waals surface area contributed by atoms with Crippen molar-refractivity contribution >= 4 is 51.9 Å². The number of anilines is 1. The highest BCUT2D eigenvalue weighted by Gasteiger charge is 2.34. The van der Waals surface area contributed by atoms with Gasteiger partial charge in [0.15, 0.2) is 6.04 Å². The zero-order valence-electron chi connectivity index (χ0n) is 24.5. The van der Waals surface area contributed by atoms with Crippen molar-refractivity contribution in [3.63, 3.8) is 0 Å². The van der Waals surface area contributed by atoms with E-state index in [0.717, 1.165) is 11.3 Å². The number of carboxylic acid groups (broad SMARTS) is 1. The summed E-state index contributed by atoms with van der Waals surface area (Å²) in [5, 5.41) is 15.8. The minimum atomic E-state index is -1.27. The predicted octanol–water partition coefficient (Wildman–Crippen LogP) is 6.08. The van der Waals surface area contributed by atoms with Crippen molar-refractivity contribution in [2.45, 2.75) is 51.6 Å². The van der Waals surface area contributed by atoms with E-state index in [1.807, 2.05) is 57.0 Å². The van der Waals surface area contributed by atoms with Gasteiger partial charge in [0.05, 0.1) is 28.6 Å². The quantitative estimate of drug-likeness (QED) is 0.251. The molecular formula is C30H33Cl2FN6O4. The molecule has 0 bridgehead atoms. The first-order valence-corrected chi connectivity index (χ1v) is 14.5. The molecule has 5 rings (SSSR count). The SMILES string of the molecule is CN(CCN(C)c1ccc(-c2cc(Cl)c3cn(C(C(=O)O)c4ncn5c4C[C@@H](F)C5)nc3c2Cl)cc1)C(=O)OC(C)(C)C. The summed E-state index contributed by atoms with van der Waals surface area (Å²) in [5.41, 5.74) is 2.93. The standard InChI is InChI=1S/C30H33Cl2FN6O4/c1-30(2,3)43-29(42)37(5)11-10-36(4)19-8-6-17(7-9-19)20-13-22(31)21-15-39(35-25(21)24(20)32)27(28(40)41)26-23-12-18(33)14-38(23)16-34-26/h6-9,13,15-16,18,27H,10-12,14H2,1-5H3,(H,40,41)/t18-,27?/m1/s1. The lowest BCUT2D eigenvalue weighted by Gasteiger charge is -2.27. The summed E-state index contributed by atoms with van der Waals surface area (Å²) in [7, 11) is 3.64. The highest BCUT2D eigenvalue weighted by molar-refractivity contribution is 6.42. The van der Waals surface area contributed by atoms with Gasteiger partial charge in [-0.15, -0.1) is 0 Å². The number of aliphatic carboxylic acids is 1. The van der Waals surface area contributed by atoms with Crippen LogP contribution >= 0.6 is 23.2 Å². The van der Waals surface area contributed by atoms with Crippen molar-refractivity contribution in [2.75, 3.05) is 32.1 Å². The first-order chi connectivity index (χ1) is 20.2.